The summed E-state index contributed by atoms with van der Waals surface area (Å²) >= 11 is 3.82. The van der Waals surface area contributed by atoms with E-state index >= 15 is 0 Å². The zero-order chi connectivity index (χ0) is 8.36. The van der Waals surface area contributed by atoms with Crippen molar-refractivity contribution in [1.29, 1.82) is 0 Å². The third-order valence-corrected chi connectivity index (χ3v) is 3.27. The molecule has 0 N–H and O–H groups in total. The minimum atomic E-state index is 0.857. The third-order valence-electron chi connectivity index (χ3n) is 1.03. The number of hydrogen-bond donors (Lipinski definition) is 0. The topological polar surface area (TPSA) is 18.5 Å². The minimum absolute atomic E-state index is 0.857. The van der Waals surface area contributed by atoms with E-state index in [1.54, 1.807) is 14.2 Å². The van der Waals surface area contributed by atoms with Gasteiger partial charge in [0, 0.05) is 30.8 Å². The zero-order valence-electron chi connectivity index (χ0n) is 7.17. The molecule has 0 spiro atoms. The second-order valence-electron chi connectivity index (χ2n) is 1.92. The Balaban J connectivity index is 2.69. The lowest BCUT2D eigenvalue weighted by atomic mass is 10.9. The van der Waals surface area contributed by atoms with E-state index in [4.69, 9.17) is 9.47 Å². The Labute approximate surface area is 77.4 Å². The first kappa shape index (κ1) is 11.6. The highest BCUT2D eigenvalue weighted by Gasteiger charge is 1.89. The molecule has 0 atom stereocenters. The van der Waals surface area contributed by atoms with Gasteiger partial charge < -0.3 is 9.47 Å². The van der Waals surface area contributed by atoms with Crippen molar-refractivity contribution < 1.29 is 9.47 Å². The van der Waals surface area contributed by atoms with Crippen molar-refractivity contribution in [2.24, 2.45) is 0 Å². The second kappa shape index (κ2) is 10.6. The molecule has 0 heterocycles. The minimum Gasteiger partial charge on any atom is -0.384 e. The van der Waals surface area contributed by atoms with E-state index in [1.807, 2.05) is 23.5 Å². The Kier molecular flexibility index (Phi) is 11.2. The van der Waals surface area contributed by atoms with Gasteiger partial charge in [0.1, 0.15) is 0 Å². The van der Waals surface area contributed by atoms with Crippen LogP contribution in [0.15, 0.2) is 0 Å². The third kappa shape index (κ3) is 10.6. The molecule has 0 saturated carbocycles. The molecule has 2 nitrogen and oxygen atoms in total. The Morgan fingerprint density at radius 3 is 1.73 bits per heavy atom. The first-order chi connectivity index (χ1) is 5.41. The highest BCUT2D eigenvalue weighted by atomic mass is 32.2. The Bertz CT molecular complexity index is 63.5. The normalized spacial score (nSPS) is 10.4. The van der Waals surface area contributed by atoms with Crippen molar-refractivity contribution in [3.8, 4) is 0 Å². The zero-order valence-corrected chi connectivity index (χ0v) is 8.80. The van der Waals surface area contributed by atoms with Crippen LogP contribution in [0, 0.1) is 0 Å². The van der Waals surface area contributed by atoms with E-state index < -0.39 is 0 Å². The molecule has 4 heteroatoms. The van der Waals surface area contributed by atoms with Gasteiger partial charge in [-0.25, -0.2) is 0 Å². The SMILES string of the molecule is COCCSCSCCOC. The summed E-state index contributed by atoms with van der Waals surface area (Å²) in [5.41, 5.74) is 0. The van der Waals surface area contributed by atoms with E-state index in [0.717, 1.165) is 29.8 Å². The predicted octanol–water partition coefficient (Wildman–Crippen LogP) is 1.70. The van der Waals surface area contributed by atoms with Crippen molar-refractivity contribution in [3.05, 3.63) is 0 Å². The molecule has 0 saturated heterocycles. The van der Waals surface area contributed by atoms with Crippen molar-refractivity contribution in [3.63, 3.8) is 0 Å². The number of methoxy groups -OCH3 is 2. The van der Waals surface area contributed by atoms with E-state index in [2.05, 4.69) is 0 Å². The highest BCUT2D eigenvalue weighted by molar-refractivity contribution is 8.15. The molecule has 0 fully saturated rings. The Morgan fingerprint density at radius 1 is 0.909 bits per heavy atom. The van der Waals surface area contributed by atoms with Gasteiger partial charge in [0.05, 0.1) is 13.2 Å². The smallest absolute Gasteiger partial charge is 0.0553 e. The van der Waals surface area contributed by atoms with E-state index in [0.29, 0.717) is 0 Å². The van der Waals surface area contributed by atoms with E-state index in [1.165, 1.54) is 0 Å². The molecule has 0 aromatic carbocycles. The molecule has 0 unspecified atom stereocenters. The van der Waals surface area contributed by atoms with Gasteiger partial charge in [0.2, 0.25) is 0 Å². The largest absolute Gasteiger partial charge is 0.384 e. The van der Waals surface area contributed by atoms with Crippen LogP contribution in [0.5, 0.6) is 0 Å². The second-order valence-corrected chi connectivity index (χ2v) is 4.50. The molecule has 0 aliphatic carbocycles. The molecule has 11 heavy (non-hydrogen) atoms. The summed E-state index contributed by atoms with van der Waals surface area (Å²) in [4.78, 5) is 0. The maximum atomic E-state index is 4.91. The van der Waals surface area contributed by atoms with Gasteiger partial charge >= 0.3 is 0 Å². The lowest BCUT2D eigenvalue weighted by Gasteiger charge is -2.00. The fourth-order valence-electron chi connectivity index (χ4n) is 0.461. The Hall–Kier alpha value is 0.620. The molecular formula is C7H16O2S2. The maximum absolute atomic E-state index is 4.91. The van der Waals surface area contributed by atoms with Crippen molar-refractivity contribution in [2.75, 3.05) is 44.0 Å². The first-order valence-electron chi connectivity index (χ1n) is 3.55. The molecule has 0 aromatic heterocycles. The van der Waals surface area contributed by atoms with Crippen LogP contribution in [-0.2, 0) is 9.47 Å². The number of ether oxygens (including phenoxy) is 2. The summed E-state index contributed by atoms with van der Waals surface area (Å²) in [5.74, 6) is 2.19. The standard InChI is InChI=1S/C7H16O2S2/c1-8-3-5-10-7-11-6-4-9-2/h3-7H2,1-2H3. The van der Waals surface area contributed by atoms with Gasteiger partial charge in [0.15, 0.2) is 0 Å². The summed E-state index contributed by atoms with van der Waals surface area (Å²) in [6, 6.07) is 0. The van der Waals surface area contributed by atoms with Gasteiger partial charge in [-0.1, -0.05) is 0 Å². The average Bonchev–Trinajstić information content (AvgIpc) is 2.03. The monoisotopic (exact) mass is 196 g/mol. The van der Waals surface area contributed by atoms with Crippen molar-refractivity contribution in [1.82, 2.24) is 0 Å². The van der Waals surface area contributed by atoms with Crippen LogP contribution in [0.3, 0.4) is 0 Å². The van der Waals surface area contributed by atoms with Crippen LogP contribution in [0.2, 0.25) is 0 Å². The predicted molar refractivity (Wildman–Crippen MR) is 53.5 cm³/mol. The summed E-state index contributed by atoms with van der Waals surface area (Å²) in [6.45, 7) is 1.71. The van der Waals surface area contributed by atoms with Gasteiger partial charge in [-0.05, 0) is 0 Å². The van der Waals surface area contributed by atoms with E-state index in [9.17, 15) is 0 Å². The van der Waals surface area contributed by atoms with Crippen LogP contribution >= 0.6 is 23.5 Å². The van der Waals surface area contributed by atoms with Gasteiger partial charge in [0.25, 0.3) is 0 Å². The molecular weight excluding hydrogens is 180 g/mol. The van der Waals surface area contributed by atoms with Crippen LogP contribution < -0.4 is 0 Å². The lowest BCUT2D eigenvalue weighted by molar-refractivity contribution is 0.218. The summed E-state index contributed by atoms with van der Waals surface area (Å²) < 4.78 is 9.83. The molecule has 0 aliphatic rings. The summed E-state index contributed by atoms with van der Waals surface area (Å²) in [7, 11) is 3.47. The molecule has 0 aromatic rings. The number of rotatable bonds is 8. The average molecular weight is 196 g/mol. The van der Waals surface area contributed by atoms with E-state index in [-0.39, 0.29) is 0 Å². The highest BCUT2D eigenvalue weighted by Crippen LogP contribution is 2.10. The molecule has 0 amide bonds. The maximum Gasteiger partial charge on any atom is 0.0553 e. The molecule has 0 radical (unpaired) electrons. The molecule has 68 valence electrons. The van der Waals surface area contributed by atoms with Crippen molar-refractivity contribution in [2.45, 2.75) is 0 Å². The van der Waals surface area contributed by atoms with Gasteiger partial charge in [-0.15, -0.1) is 23.5 Å². The number of thioether (sulfide) groups is 2. The quantitative estimate of drug-likeness (QED) is 0.434. The van der Waals surface area contributed by atoms with Crippen LogP contribution in [0.1, 0.15) is 0 Å². The summed E-state index contributed by atoms with van der Waals surface area (Å²) in [6.07, 6.45) is 0. The van der Waals surface area contributed by atoms with Crippen LogP contribution in [0.4, 0.5) is 0 Å². The van der Waals surface area contributed by atoms with Crippen LogP contribution in [-0.4, -0.2) is 44.0 Å². The Morgan fingerprint density at radius 2 is 1.36 bits per heavy atom. The summed E-state index contributed by atoms with van der Waals surface area (Å²) in [5, 5.41) is 1.15. The van der Waals surface area contributed by atoms with Crippen LogP contribution in [0.25, 0.3) is 0 Å². The van der Waals surface area contributed by atoms with Gasteiger partial charge in [-0.3, -0.25) is 0 Å². The first-order valence-corrected chi connectivity index (χ1v) is 5.86. The number of hydrogen-bond acceptors (Lipinski definition) is 4. The lowest BCUT2D eigenvalue weighted by Crippen LogP contribution is -1.94. The fourth-order valence-corrected chi connectivity index (χ4v) is 2.44. The van der Waals surface area contributed by atoms with Crippen molar-refractivity contribution >= 4 is 23.5 Å². The fraction of sp³-hybridized carbons (Fsp3) is 1.00. The molecule has 0 rings (SSSR count). The van der Waals surface area contributed by atoms with Gasteiger partial charge in [-0.2, -0.15) is 0 Å². The molecule has 0 aliphatic heterocycles. The molecule has 0 bridgehead atoms.